The molecule has 5 rings (SSSR count). The van der Waals surface area contributed by atoms with Gasteiger partial charge in [-0.3, -0.25) is 9.48 Å². The first-order valence-corrected chi connectivity index (χ1v) is 10.4. The molecule has 0 saturated heterocycles. The average molecular weight is 419 g/mol. The van der Waals surface area contributed by atoms with Gasteiger partial charge in [-0.2, -0.15) is 14.9 Å². The fourth-order valence-corrected chi connectivity index (χ4v) is 3.69. The zero-order chi connectivity index (χ0) is 21.9. The van der Waals surface area contributed by atoms with Gasteiger partial charge in [-0.15, -0.1) is 0 Å². The highest BCUT2D eigenvalue weighted by atomic mass is 16.1. The van der Waals surface area contributed by atoms with E-state index in [1.165, 1.54) is 4.68 Å². The predicted octanol–water partition coefficient (Wildman–Crippen LogP) is 4.50. The van der Waals surface area contributed by atoms with Gasteiger partial charge in [-0.05, 0) is 24.6 Å². The molecule has 32 heavy (non-hydrogen) atoms. The largest absolute Gasteiger partial charge is 0.282 e. The van der Waals surface area contributed by atoms with E-state index in [9.17, 15) is 4.79 Å². The molecule has 0 spiro atoms. The number of para-hydroxylation sites is 1. The van der Waals surface area contributed by atoms with Crippen LogP contribution in [-0.2, 0) is 6.54 Å². The van der Waals surface area contributed by atoms with Gasteiger partial charge in [0, 0.05) is 17.3 Å². The molecule has 6 heteroatoms. The summed E-state index contributed by atoms with van der Waals surface area (Å²) in [7, 11) is 0. The van der Waals surface area contributed by atoms with Crippen LogP contribution in [-0.4, -0.2) is 25.7 Å². The van der Waals surface area contributed by atoms with Gasteiger partial charge < -0.3 is 0 Å². The molecule has 0 radical (unpaired) electrons. The Balaban J connectivity index is 1.57. The quantitative estimate of drug-likeness (QED) is 0.394. The first-order valence-electron chi connectivity index (χ1n) is 10.4. The summed E-state index contributed by atoms with van der Waals surface area (Å²) in [6.45, 7) is 2.42. The zero-order valence-corrected chi connectivity index (χ0v) is 17.6. The van der Waals surface area contributed by atoms with Crippen molar-refractivity contribution in [2.24, 2.45) is 5.10 Å². The van der Waals surface area contributed by atoms with E-state index in [0.29, 0.717) is 23.3 Å². The van der Waals surface area contributed by atoms with Crippen molar-refractivity contribution < 1.29 is 0 Å². The van der Waals surface area contributed by atoms with Crippen LogP contribution in [0.5, 0.6) is 0 Å². The number of aryl methyl sites for hydroxylation is 1. The Morgan fingerprint density at radius 1 is 0.906 bits per heavy atom. The van der Waals surface area contributed by atoms with E-state index in [4.69, 9.17) is 5.10 Å². The molecule has 5 aromatic rings. The SMILES string of the molecule is Cc1nc2ccccc2c(=O)n1/N=C\c1cn(Cc2ccccc2)nc1-c1ccccc1. The molecule has 0 amide bonds. The van der Waals surface area contributed by atoms with Crippen molar-refractivity contribution in [1.29, 1.82) is 0 Å². The summed E-state index contributed by atoms with van der Waals surface area (Å²) in [5, 5.41) is 9.84. The molecule has 0 aliphatic carbocycles. The fraction of sp³-hybridized carbons (Fsp3) is 0.0769. The second kappa shape index (κ2) is 8.43. The van der Waals surface area contributed by atoms with E-state index in [2.05, 4.69) is 22.2 Å². The van der Waals surface area contributed by atoms with Gasteiger partial charge in [-0.25, -0.2) is 4.98 Å². The Bertz CT molecular complexity index is 1470. The van der Waals surface area contributed by atoms with Crippen molar-refractivity contribution in [3.8, 4) is 11.3 Å². The molecule has 156 valence electrons. The molecule has 0 aliphatic rings. The van der Waals surface area contributed by atoms with E-state index >= 15 is 0 Å². The minimum absolute atomic E-state index is 0.192. The van der Waals surface area contributed by atoms with Crippen LogP contribution in [0, 0.1) is 6.92 Å². The van der Waals surface area contributed by atoms with E-state index < -0.39 is 0 Å². The molecule has 0 unspecified atom stereocenters. The number of hydrogen-bond donors (Lipinski definition) is 0. The standard InChI is InChI=1S/C26H21N5O/c1-19-28-24-15-9-8-14-23(24)26(32)31(19)27-16-22-18-30(17-20-10-4-2-5-11-20)29-25(22)21-12-6-3-7-13-21/h2-16,18H,17H2,1H3/b27-16-. The van der Waals surface area contributed by atoms with Crippen molar-refractivity contribution >= 4 is 17.1 Å². The molecule has 0 bridgehead atoms. The van der Waals surface area contributed by atoms with Crippen molar-refractivity contribution in [3.63, 3.8) is 0 Å². The van der Waals surface area contributed by atoms with Crippen molar-refractivity contribution in [2.75, 3.05) is 0 Å². The van der Waals surface area contributed by atoms with Crippen LogP contribution in [0.4, 0.5) is 0 Å². The summed E-state index contributed by atoms with van der Waals surface area (Å²) in [4.78, 5) is 17.5. The predicted molar refractivity (Wildman–Crippen MR) is 127 cm³/mol. The molecule has 6 nitrogen and oxygen atoms in total. The first-order chi connectivity index (χ1) is 15.7. The number of hydrogen-bond acceptors (Lipinski definition) is 4. The summed E-state index contributed by atoms with van der Waals surface area (Å²) < 4.78 is 3.24. The van der Waals surface area contributed by atoms with E-state index in [-0.39, 0.29) is 5.56 Å². The minimum Gasteiger partial charge on any atom is -0.267 e. The highest BCUT2D eigenvalue weighted by Crippen LogP contribution is 2.21. The van der Waals surface area contributed by atoms with Crippen LogP contribution in [0.1, 0.15) is 17.0 Å². The molecule has 2 aromatic heterocycles. The van der Waals surface area contributed by atoms with Gasteiger partial charge in [0.15, 0.2) is 0 Å². The third-order valence-corrected chi connectivity index (χ3v) is 5.25. The molecule has 0 aliphatic heterocycles. The lowest BCUT2D eigenvalue weighted by molar-refractivity contribution is 0.689. The summed E-state index contributed by atoms with van der Waals surface area (Å²) >= 11 is 0. The summed E-state index contributed by atoms with van der Waals surface area (Å²) in [5.41, 5.74) is 4.26. The Labute approximate surface area is 185 Å². The van der Waals surface area contributed by atoms with Gasteiger partial charge in [0.2, 0.25) is 0 Å². The van der Waals surface area contributed by atoms with Crippen LogP contribution in [0.2, 0.25) is 0 Å². The van der Waals surface area contributed by atoms with E-state index in [1.54, 1.807) is 19.2 Å². The second-order valence-corrected chi connectivity index (χ2v) is 7.52. The highest BCUT2D eigenvalue weighted by Gasteiger charge is 2.11. The molecular weight excluding hydrogens is 398 g/mol. The normalized spacial score (nSPS) is 11.4. The number of rotatable bonds is 5. The number of nitrogens with zero attached hydrogens (tertiary/aromatic N) is 5. The summed E-state index contributed by atoms with van der Waals surface area (Å²) in [6.07, 6.45) is 3.63. The molecular formula is C26H21N5O. The Kier molecular flexibility index (Phi) is 5.17. The highest BCUT2D eigenvalue weighted by molar-refractivity contribution is 5.88. The number of fused-ring (bicyclic) bond motifs is 1. The molecule has 0 atom stereocenters. The lowest BCUT2D eigenvalue weighted by Gasteiger charge is -2.05. The first kappa shape index (κ1) is 19.6. The molecule has 0 N–H and O–H groups in total. The number of benzene rings is 3. The zero-order valence-electron chi connectivity index (χ0n) is 17.6. The monoisotopic (exact) mass is 419 g/mol. The van der Waals surface area contributed by atoms with Crippen molar-refractivity contribution in [3.05, 3.63) is 118 Å². The van der Waals surface area contributed by atoms with Crippen LogP contribution in [0.3, 0.4) is 0 Å². The number of aromatic nitrogens is 4. The van der Waals surface area contributed by atoms with Crippen molar-refractivity contribution in [2.45, 2.75) is 13.5 Å². The van der Waals surface area contributed by atoms with Gasteiger partial charge in [0.05, 0.1) is 23.7 Å². The maximum atomic E-state index is 13.0. The van der Waals surface area contributed by atoms with Gasteiger partial charge >= 0.3 is 0 Å². The maximum Gasteiger partial charge on any atom is 0.282 e. The molecule has 0 saturated carbocycles. The molecule has 3 aromatic carbocycles. The van der Waals surface area contributed by atoms with Crippen molar-refractivity contribution in [1.82, 2.24) is 19.4 Å². The lowest BCUT2D eigenvalue weighted by atomic mass is 10.1. The Morgan fingerprint density at radius 2 is 1.59 bits per heavy atom. The van der Waals surface area contributed by atoms with Crippen LogP contribution >= 0.6 is 0 Å². The third-order valence-electron chi connectivity index (χ3n) is 5.25. The molecule has 0 fully saturated rings. The summed E-state index contributed by atoms with van der Waals surface area (Å²) in [5.74, 6) is 0.530. The summed E-state index contributed by atoms with van der Waals surface area (Å²) in [6, 6.07) is 27.4. The smallest absolute Gasteiger partial charge is 0.267 e. The van der Waals surface area contributed by atoms with Crippen LogP contribution in [0.15, 0.2) is 101 Å². The van der Waals surface area contributed by atoms with Gasteiger partial charge in [0.25, 0.3) is 5.56 Å². The maximum absolute atomic E-state index is 13.0. The van der Waals surface area contributed by atoms with E-state index in [0.717, 1.165) is 22.4 Å². The topological polar surface area (TPSA) is 65.1 Å². The fourth-order valence-electron chi connectivity index (χ4n) is 3.69. The minimum atomic E-state index is -0.192. The molecule has 2 heterocycles. The van der Waals surface area contributed by atoms with E-state index in [1.807, 2.05) is 77.6 Å². The van der Waals surface area contributed by atoms with Gasteiger partial charge in [-0.1, -0.05) is 72.8 Å². The van der Waals surface area contributed by atoms with Gasteiger partial charge in [0.1, 0.15) is 11.5 Å². The average Bonchev–Trinajstić information content (AvgIpc) is 3.22. The Hall–Kier alpha value is -4.32. The second-order valence-electron chi connectivity index (χ2n) is 7.52. The lowest BCUT2D eigenvalue weighted by Crippen LogP contribution is -2.20. The Morgan fingerprint density at radius 3 is 2.38 bits per heavy atom. The third kappa shape index (κ3) is 3.86. The van der Waals surface area contributed by atoms with Crippen LogP contribution in [0.25, 0.3) is 22.2 Å². The van der Waals surface area contributed by atoms with Crippen LogP contribution < -0.4 is 5.56 Å².